The zero-order valence-electron chi connectivity index (χ0n) is 11.7. The Morgan fingerprint density at radius 3 is 2.74 bits per heavy atom. The van der Waals surface area contributed by atoms with Crippen LogP contribution >= 0.6 is 0 Å². The first-order valence-corrected chi connectivity index (χ1v) is 7.00. The summed E-state index contributed by atoms with van der Waals surface area (Å²) in [6.45, 7) is 4.49. The van der Waals surface area contributed by atoms with Gasteiger partial charge in [0.15, 0.2) is 0 Å². The molecule has 1 aliphatic rings. The van der Waals surface area contributed by atoms with Crippen LogP contribution in [0.25, 0.3) is 0 Å². The molecule has 4 heteroatoms. The van der Waals surface area contributed by atoms with Crippen molar-refractivity contribution < 1.29 is 0 Å². The molecule has 1 fully saturated rings. The highest BCUT2D eigenvalue weighted by molar-refractivity contribution is 5.57. The standard InChI is InChI=1S/C15H22N4/c1-10-7-11(2)18-15(13(10)8-16)19-14(9-17)12-5-3-4-6-12/h7,12,14H,3-6,9,17H2,1-2H3,(H,18,19). The SMILES string of the molecule is Cc1cc(C)c(C#N)c(NC(CN)C2CCCC2)n1. The molecular formula is C15H22N4. The topological polar surface area (TPSA) is 74.7 Å². The number of hydrogen-bond donors (Lipinski definition) is 2. The molecule has 1 saturated carbocycles. The minimum absolute atomic E-state index is 0.225. The van der Waals surface area contributed by atoms with E-state index in [1.807, 2.05) is 19.9 Å². The average Bonchev–Trinajstić information content (AvgIpc) is 2.89. The fraction of sp³-hybridized carbons (Fsp3) is 0.600. The minimum atomic E-state index is 0.225. The zero-order chi connectivity index (χ0) is 13.8. The number of hydrogen-bond acceptors (Lipinski definition) is 4. The molecule has 0 aromatic carbocycles. The molecule has 1 aliphatic carbocycles. The van der Waals surface area contributed by atoms with Gasteiger partial charge in [-0.05, 0) is 44.2 Å². The summed E-state index contributed by atoms with van der Waals surface area (Å²) in [6, 6.07) is 4.41. The van der Waals surface area contributed by atoms with E-state index < -0.39 is 0 Å². The van der Waals surface area contributed by atoms with Gasteiger partial charge in [-0.1, -0.05) is 12.8 Å². The van der Waals surface area contributed by atoms with Crippen molar-refractivity contribution in [1.82, 2.24) is 4.98 Å². The van der Waals surface area contributed by atoms with Gasteiger partial charge in [0.05, 0.1) is 5.56 Å². The van der Waals surface area contributed by atoms with E-state index in [2.05, 4.69) is 16.4 Å². The molecule has 102 valence electrons. The quantitative estimate of drug-likeness (QED) is 0.870. The maximum Gasteiger partial charge on any atom is 0.144 e. The maximum absolute atomic E-state index is 9.28. The smallest absolute Gasteiger partial charge is 0.144 e. The van der Waals surface area contributed by atoms with E-state index in [4.69, 9.17) is 5.73 Å². The van der Waals surface area contributed by atoms with Gasteiger partial charge in [0, 0.05) is 18.3 Å². The number of nitriles is 1. The Kier molecular flexibility index (Phi) is 4.39. The first-order valence-electron chi connectivity index (χ1n) is 7.00. The van der Waals surface area contributed by atoms with Crippen LogP contribution in [0.3, 0.4) is 0 Å². The highest BCUT2D eigenvalue weighted by atomic mass is 15.0. The van der Waals surface area contributed by atoms with Gasteiger partial charge in [0.1, 0.15) is 11.9 Å². The van der Waals surface area contributed by atoms with Crippen LogP contribution in [0.2, 0.25) is 0 Å². The lowest BCUT2D eigenvalue weighted by Crippen LogP contribution is -2.35. The number of nitrogens with two attached hydrogens (primary N) is 1. The molecule has 0 spiro atoms. The van der Waals surface area contributed by atoms with E-state index in [1.54, 1.807) is 0 Å². The number of nitrogens with zero attached hydrogens (tertiary/aromatic N) is 2. The normalized spacial score (nSPS) is 17.2. The molecular weight excluding hydrogens is 236 g/mol. The molecule has 2 rings (SSSR count). The van der Waals surface area contributed by atoms with Crippen LogP contribution < -0.4 is 11.1 Å². The zero-order valence-corrected chi connectivity index (χ0v) is 11.7. The lowest BCUT2D eigenvalue weighted by atomic mass is 9.97. The van der Waals surface area contributed by atoms with E-state index >= 15 is 0 Å². The van der Waals surface area contributed by atoms with E-state index in [0.29, 0.717) is 23.8 Å². The number of anilines is 1. The van der Waals surface area contributed by atoms with Gasteiger partial charge in [-0.2, -0.15) is 5.26 Å². The van der Waals surface area contributed by atoms with Crippen LogP contribution in [0.15, 0.2) is 6.07 Å². The minimum Gasteiger partial charge on any atom is -0.365 e. The fourth-order valence-electron chi connectivity index (χ4n) is 2.99. The first kappa shape index (κ1) is 13.8. The largest absolute Gasteiger partial charge is 0.365 e. The van der Waals surface area contributed by atoms with Crippen molar-refractivity contribution in [3.8, 4) is 6.07 Å². The third-order valence-corrected chi connectivity index (χ3v) is 4.00. The van der Waals surface area contributed by atoms with Gasteiger partial charge in [0.25, 0.3) is 0 Å². The summed E-state index contributed by atoms with van der Waals surface area (Å²) in [5.74, 6) is 1.31. The Hall–Kier alpha value is -1.60. The molecule has 3 N–H and O–H groups in total. The molecule has 1 unspecified atom stereocenters. The Morgan fingerprint density at radius 2 is 2.16 bits per heavy atom. The van der Waals surface area contributed by atoms with Crippen LogP contribution in [-0.4, -0.2) is 17.6 Å². The average molecular weight is 258 g/mol. The van der Waals surface area contributed by atoms with Crippen molar-refractivity contribution >= 4 is 5.82 Å². The summed E-state index contributed by atoms with van der Waals surface area (Å²) in [5.41, 5.74) is 8.44. The Balaban J connectivity index is 2.23. The fourth-order valence-corrected chi connectivity index (χ4v) is 2.99. The number of nitrogens with one attached hydrogen (secondary N) is 1. The third-order valence-electron chi connectivity index (χ3n) is 4.00. The number of pyridine rings is 1. The van der Waals surface area contributed by atoms with E-state index in [1.165, 1.54) is 25.7 Å². The molecule has 0 bridgehead atoms. The Morgan fingerprint density at radius 1 is 1.47 bits per heavy atom. The van der Waals surface area contributed by atoms with Crippen molar-refractivity contribution in [2.24, 2.45) is 11.7 Å². The predicted octanol–water partition coefficient (Wildman–Crippen LogP) is 2.50. The van der Waals surface area contributed by atoms with E-state index in [-0.39, 0.29) is 6.04 Å². The van der Waals surface area contributed by atoms with E-state index in [0.717, 1.165) is 11.3 Å². The Bertz CT molecular complexity index is 484. The van der Waals surface area contributed by atoms with Gasteiger partial charge in [-0.3, -0.25) is 0 Å². The van der Waals surface area contributed by atoms with E-state index in [9.17, 15) is 5.26 Å². The monoisotopic (exact) mass is 258 g/mol. The molecule has 0 aliphatic heterocycles. The summed E-state index contributed by atoms with van der Waals surface area (Å²) >= 11 is 0. The van der Waals surface area contributed by atoms with Crippen molar-refractivity contribution in [2.75, 3.05) is 11.9 Å². The van der Waals surface area contributed by atoms with Gasteiger partial charge in [-0.15, -0.1) is 0 Å². The second kappa shape index (κ2) is 6.03. The second-order valence-electron chi connectivity index (χ2n) is 5.45. The molecule has 0 radical (unpaired) electrons. The summed E-state index contributed by atoms with van der Waals surface area (Å²) in [6.07, 6.45) is 5.02. The molecule has 1 heterocycles. The van der Waals surface area contributed by atoms with Crippen molar-refractivity contribution in [3.05, 3.63) is 22.9 Å². The van der Waals surface area contributed by atoms with Crippen LogP contribution in [0.5, 0.6) is 0 Å². The van der Waals surface area contributed by atoms with Crippen LogP contribution in [0.4, 0.5) is 5.82 Å². The van der Waals surface area contributed by atoms with Gasteiger partial charge in [0.2, 0.25) is 0 Å². The lowest BCUT2D eigenvalue weighted by molar-refractivity contribution is 0.461. The number of rotatable bonds is 4. The lowest BCUT2D eigenvalue weighted by Gasteiger charge is -2.24. The second-order valence-corrected chi connectivity index (χ2v) is 5.45. The number of aromatic nitrogens is 1. The van der Waals surface area contributed by atoms with Crippen LogP contribution in [-0.2, 0) is 0 Å². The van der Waals surface area contributed by atoms with Crippen molar-refractivity contribution in [1.29, 1.82) is 5.26 Å². The molecule has 1 aromatic heterocycles. The molecule has 19 heavy (non-hydrogen) atoms. The number of aryl methyl sites for hydroxylation is 2. The van der Waals surface area contributed by atoms with Gasteiger partial charge >= 0.3 is 0 Å². The molecule has 1 aromatic rings. The molecule has 0 amide bonds. The summed E-state index contributed by atoms with van der Waals surface area (Å²) in [5, 5.41) is 12.7. The van der Waals surface area contributed by atoms with Gasteiger partial charge < -0.3 is 11.1 Å². The maximum atomic E-state index is 9.28. The molecule has 1 atom stereocenters. The van der Waals surface area contributed by atoms with Crippen molar-refractivity contribution in [2.45, 2.75) is 45.6 Å². The third kappa shape index (κ3) is 3.05. The molecule has 0 saturated heterocycles. The predicted molar refractivity (Wildman–Crippen MR) is 76.8 cm³/mol. The first-order chi connectivity index (χ1) is 9.15. The Labute approximate surface area is 115 Å². The van der Waals surface area contributed by atoms with Gasteiger partial charge in [-0.25, -0.2) is 4.98 Å². The highest BCUT2D eigenvalue weighted by Crippen LogP contribution is 2.29. The van der Waals surface area contributed by atoms with Crippen LogP contribution in [0.1, 0.15) is 42.5 Å². The van der Waals surface area contributed by atoms with Crippen molar-refractivity contribution in [3.63, 3.8) is 0 Å². The molecule has 4 nitrogen and oxygen atoms in total. The summed E-state index contributed by atoms with van der Waals surface area (Å²) in [4.78, 5) is 4.47. The highest BCUT2D eigenvalue weighted by Gasteiger charge is 2.25. The summed E-state index contributed by atoms with van der Waals surface area (Å²) in [7, 11) is 0. The van der Waals surface area contributed by atoms with Crippen LogP contribution in [0, 0.1) is 31.1 Å². The summed E-state index contributed by atoms with van der Waals surface area (Å²) < 4.78 is 0.